The minimum Gasteiger partial charge on any atom is -0.0696 e. The predicted octanol–water partition coefficient (Wildman–Crippen LogP) is 8.68. The zero-order chi connectivity index (χ0) is 25.6. The van der Waals surface area contributed by atoms with Crippen molar-refractivity contribution in [2.75, 3.05) is 0 Å². The van der Waals surface area contributed by atoms with Gasteiger partial charge < -0.3 is 0 Å². The third kappa shape index (κ3) is 2.73. The summed E-state index contributed by atoms with van der Waals surface area (Å²) in [4.78, 5) is 0. The van der Waals surface area contributed by atoms with Crippen LogP contribution < -0.4 is 0 Å². The van der Waals surface area contributed by atoms with Crippen molar-refractivity contribution in [3.05, 3.63) is 0 Å². The first-order valence-corrected chi connectivity index (χ1v) is 39.5. The molecule has 8 heteroatoms. The maximum atomic E-state index is 2.89. The summed E-state index contributed by atoms with van der Waals surface area (Å²) in [6.07, 6.45) is 3.41. The van der Waals surface area contributed by atoms with E-state index < -0.39 is 46.0 Å². The van der Waals surface area contributed by atoms with Gasteiger partial charge in [0.25, 0.3) is 0 Å². The van der Waals surface area contributed by atoms with Gasteiger partial charge in [-0.3, -0.25) is 0 Å². The average Bonchev–Trinajstić information content (AvgIpc) is 3.23. The largest absolute Gasteiger partial charge is 0.0696 e. The molecule has 0 aliphatic carbocycles. The van der Waals surface area contributed by atoms with Gasteiger partial charge >= 0.3 is 0 Å². The molecule has 0 radical (unpaired) electrons. The van der Waals surface area contributed by atoms with E-state index >= 15 is 0 Å². The summed E-state index contributed by atoms with van der Waals surface area (Å²) in [7, 11) is -6.64. The van der Waals surface area contributed by atoms with Gasteiger partial charge in [0.05, 0.1) is 13.7 Å². The first-order chi connectivity index (χ1) is 13.7. The van der Waals surface area contributed by atoms with Crippen LogP contribution in [0.25, 0.3) is 0 Å². The van der Waals surface area contributed by atoms with E-state index in [2.05, 4.69) is 120 Å². The molecule has 1 spiro atoms. The molecule has 0 aromatic rings. The van der Waals surface area contributed by atoms with Crippen LogP contribution in [0.15, 0.2) is 0 Å². The molecule has 3 rings (SSSR count). The summed E-state index contributed by atoms with van der Waals surface area (Å²) in [5.74, 6) is 0. The molecule has 0 bridgehead atoms. The number of rotatable bonds is 4. The molecule has 2 fully saturated rings. The Balaban J connectivity index is 2.62. The Morgan fingerprint density at radius 3 is 1.00 bits per heavy atom. The van der Waals surface area contributed by atoms with Crippen molar-refractivity contribution in [3.8, 4) is 0 Å². The molecule has 0 nitrogen and oxygen atoms in total. The van der Waals surface area contributed by atoms with Gasteiger partial charge in [-0.25, -0.2) is 0 Å². The summed E-state index contributed by atoms with van der Waals surface area (Å²) in [5.41, 5.74) is 0. The fourth-order valence-electron chi connectivity index (χ4n) is 11.4. The van der Waals surface area contributed by atoms with Crippen LogP contribution in [0.1, 0.15) is 54.4 Å². The standard InChI is InChI=1S/C24H58Si8/c1-21(2,3)25-26-31(32(25,26)22(4,5)6)23(27(7,8)9,28(10,11)12)19-20-24(31,29(13,14)15)30(16,17)18/h19-20H2,1-18H3. The molecule has 1 atom stereocenters. The smallest absolute Gasteiger partial charge is 0.0625 e. The molecule has 32 heavy (non-hydrogen) atoms. The highest BCUT2D eigenvalue weighted by Gasteiger charge is 3.04. The van der Waals surface area contributed by atoms with Gasteiger partial charge in [0.2, 0.25) is 0 Å². The highest BCUT2D eigenvalue weighted by molar-refractivity contribution is 8.38. The molecule has 1 unspecified atom stereocenters. The summed E-state index contributed by atoms with van der Waals surface area (Å²) in [6.45, 7) is 50.0. The van der Waals surface area contributed by atoms with Gasteiger partial charge in [-0.05, 0) is 33.0 Å². The van der Waals surface area contributed by atoms with E-state index in [0.717, 1.165) is 8.57 Å². The topological polar surface area (TPSA) is 0 Å². The van der Waals surface area contributed by atoms with Crippen LogP contribution >= 0.6 is 0 Å². The number of hydrogen-bond donors (Lipinski definition) is 0. The molecule has 0 N–H and O–H groups in total. The number of hydrogen-bond acceptors (Lipinski definition) is 0. The normalized spacial score (nSPS) is 29.4. The second kappa shape index (κ2) is 6.78. The SMILES string of the molecule is CC(C)(C)[Si]1=[Si]2[Si]1(C(C)(C)C)[Si]21C([Si](C)(C)C)([Si](C)(C)C)CCC1([Si](C)(C)C)[Si](C)(C)C. The molecular weight excluding hydrogens is 513 g/mol. The second-order valence-electron chi connectivity index (χ2n) is 18.1. The molecule has 2 saturated heterocycles. The summed E-state index contributed by atoms with van der Waals surface area (Å²) in [6, 6.07) is 0. The molecule has 3 aliphatic rings. The Morgan fingerprint density at radius 2 is 0.844 bits per heavy atom. The second-order valence-corrected chi connectivity index (χ2v) is 82.4. The highest BCUT2D eigenvalue weighted by Crippen LogP contribution is 2.89. The van der Waals surface area contributed by atoms with Crippen LogP contribution in [-0.2, 0) is 0 Å². The quantitative estimate of drug-likeness (QED) is 0.296. The van der Waals surface area contributed by atoms with Crippen LogP contribution in [-0.4, -0.2) is 60.4 Å². The Labute approximate surface area is 210 Å². The molecule has 3 heterocycles. The maximum absolute atomic E-state index is 2.89. The van der Waals surface area contributed by atoms with Crippen LogP contribution in [0.2, 0.25) is 97.2 Å². The zero-order valence-electron chi connectivity index (χ0n) is 25.4. The lowest BCUT2D eigenvalue weighted by Crippen LogP contribution is -2.78. The lowest BCUT2D eigenvalue weighted by molar-refractivity contribution is 0.736. The Kier molecular flexibility index (Phi) is 6.00. The molecular formula is C24H58Si8. The summed E-state index contributed by atoms with van der Waals surface area (Å²) in [5, 5.41) is 1.36. The van der Waals surface area contributed by atoms with E-state index in [4.69, 9.17) is 0 Å². The van der Waals surface area contributed by atoms with Gasteiger partial charge in [-0.2, -0.15) is 0 Å². The van der Waals surface area contributed by atoms with Crippen LogP contribution in [0.3, 0.4) is 0 Å². The third-order valence-corrected chi connectivity index (χ3v) is 138. The lowest BCUT2D eigenvalue weighted by Gasteiger charge is -2.66. The molecule has 186 valence electrons. The van der Waals surface area contributed by atoms with Crippen molar-refractivity contribution < 1.29 is 0 Å². The van der Waals surface area contributed by atoms with Gasteiger partial charge in [0.1, 0.15) is 0 Å². The predicted molar refractivity (Wildman–Crippen MR) is 170 cm³/mol. The summed E-state index contributed by atoms with van der Waals surface area (Å²) >= 11 is 0. The molecule has 0 amide bonds. The maximum Gasteiger partial charge on any atom is 0.0625 e. The van der Waals surface area contributed by atoms with Crippen molar-refractivity contribution >= 4 is 60.4 Å². The van der Waals surface area contributed by atoms with Crippen molar-refractivity contribution in [1.29, 1.82) is 0 Å². The van der Waals surface area contributed by atoms with E-state index in [0.29, 0.717) is 10.1 Å². The van der Waals surface area contributed by atoms with E-state index in [9.17, 15) is 0 Å². The highest BCUT2D eigenvalue weighted by atomic mass is 30.6. The Hall–Kier alpha value is 1.74. The summed E-state index contributed by atoms with van der Waals surface area (Å²) < 4.78 is 1.86. The minimum atomic E-state index is -1.32. The molecule has 0 aromatic heterocycles. The number of fused-ring (bicyclic) bond motifs is 3. The fraction of sp³-hybridized carbons (Fsp3) is 1.00. The molecule has 0 saturated carbocycles. The van der Waals surface area contributed by atoms with Gasteiger partial charge in [-0.1, -0.05) is 133 Å². The van der Waals surface area contributed by atoms with Crippen LogP contribution in [0.4, 0.5) is 0 Å². The monoisotopic (exact) mass is 570 g/mol. The van der Waals surface area contributed by atoms with Crippen molar-refractivity contribution in [2.45, 2.75) is 152 Å². The first-order valence-electron chi connectivity index (χ1n) is 13.5. The van der Waals surface area contributed by atoms with Crippen molar-refractivity contribution in [1.82, 2.24) is 0 Å². The van der Waals surface area contributed by atoms with Gasteiger partial charge in [0.15, 0.2) is 0 Å². The first kappa shape index (κ1) is 28.3. The van der Waals surface area contributed by atoms with Gasteiger partial charge in [-0.15, -0.1) is 0 Å². The molecule has 3 aliphatic heterocycles. The Bertz CT molecular complexity index is 791. The third-order valence-electron chi connectivity index (χ3n) is 11.0. The Morgan fingerprint density at radius 1 is 0.562 bits per heavy atom. The van der Waals surface area contributed by atoms with Crippen molar-refractivity contribution in [2.24, 2.45) is 0 Å². The molecule has 0 aromatic carbocycles. The van der Waals surface area contributed by atoms with E-state index in [-0.39, 0.29) is 14.3 Å². The average molecular weight is 571 g/mol. The van der Waals surface area contributed by atoms with E-state index in [1.54, 1.807) is 12.8 Å². The fourth-order valence-corrected chi connectivity index (χ4v) is 272. The lowest BCUT2D eigenvalue weighted by atomic mass is 10.2. The van der Waals surface area contributed by atoms with Crippen LogP contribution in [0, 0.1) is 0 Å². The minimum absolute atomic E-state index is 0.0346. The van der Waals surface area contributed by atoms with Gasteiger partial charge in [0, 0.05) is 32.3 Å². The van der Waals surface area contributed by atoms with E-state index in [1.807, 2.05) is 0 Å². The zero-order valence-corrected chi connectivity index (χ0v) is 33.4. The van der Waals surface area contributed by atoms with Crippen molar-refractivity contribution in [3.63, 3.8) is 0 Å². The van der Waals surface area contributed by atoms with E-state index in [1.165, 1.54) is 0 Å². The van der Waals surface area contributed by atoms with Crippen LogP contribution in [0.5, 0.6) is 0 Å².